The predicted octanol–water partition coefficient (Wildman–Crippen LogP) is 1.43. The molecule has 2 N–H and O–H groups in total. The Morgan fingerprint density at radius 3 is 2.21 bits per heavy atom. The highest BCUT2D eigenvalue weighted by atomic mass is 35.5. The summed E-state index contributed by atoms with van der Waals surface area (Å²) in [6, 6.07) is 0.780. The van der Waals surface area contributed by atoms with Crippen molar-refractivity contribution in [3.63, 3.8) is 0 Å². The summed E-state index contributed by atoms with van der Waals surface area (Å²) < 4.78 is 36.2. The molecular weight excluding hydrogens is 223 g/mol. The quantitative estimate of drug-likeness (QED) is 0.714. The minimum absolute atomic E-state index is 0.112. The van der Waals surface area contributed by atoms with E-state index in [9.17, 15) is 13.2 Å². The molecule has 7 heteroatoms. The average Bonchev–Trinajstić information content (AvgIpc) is 2.02. The molecule has 78 valence electrons. The van der Waals surface area contributed by atoms with Crippen LogP contribution in [-0.4, -0.2) is 21.4 Å². The zero-order valence-corrected chi connectivity index (χ0v) is 7.34. The maximum absolute atomic E-state index is 12.1. The molecule has 0 fully saturated rings. The number of rotatable bonds is 1. The summed E-state index contributed by atoms with van der Waals surface area (Å²) in [5.41, 5.74) is -0.822. The second-order valence-corrected chi connectivity index (χ2v) is 3.00. The number of aromatic nitrogens is 1. The van der Waals surface area contributed by atoms with E-state index in [-0.39, 0.29) is 5.02 Å². The zero-order chi connectivity index (χ0) is 11.0. The third kappa shape index (κ3) is 1.97. The number of aliphatic hydroxyl groups is 2. The van der Waals surface area contributed by atoms with Gasteiger partial charge < -0.3 is 10.2 Å². The van der Waals surface area contributed by atoms with Crippen LogP contribution in [0.5, 0.6) is 0 Å². The van der Waals surface area contributed by atoms with Gasteiger partial charge in [-0.2, -0.15) is 13.2 Å². The Kier molecular flexibility index (Phi) is 2.71. The van der Waals surface area contributed by atoms with Crippen molar-refractivity contribution >= 4 is 11.6 Å². The Morgan fingerprint density at radius 2 is 1.79 bits per heavy atom. The minimum atomic E-state index is -5.20. The van der Waals surface area contributed by atoms with Crippen LogP contribution in [0.25, 0.3) is 0 Å². The van der Waals surface area contributed by atoms with Crippen LogP contribution in [-0.2, 0) is 5.79 Å². The molecule has 0 radical (unpaired) electrons. The van der Waals surface area contributed by atoms with E-state index in [1.54, 1.807) is 0 Å². The van der Waals surface area contributed by atoms with Gasteiger partial charge in [-0.25, -0.2) is 0 Å². The summed E-state index contributed by atoms with van der Waals surface area (Å²) in [4.78, 5) is 3.31. The number of pyridine rings is 1. The highest BCUT2D eigenvalue weighted by molar-refractivity contribution is 6.30. The first-order chi connectivity index (χ1) is 6.25. The fourth-order valence-electron chi connectivity index (χ4n) is 0.766. The molecule has 0 saturated carbocycles. The van der Waals surface area contributed by atoms with E-state index < -0.39 is 17.5 Å². The first-order valence-electron chi connectivity index (χ1n) is 3.37. The van der Waals surface area contributed by atoms with Gasteiger partial charge in [-0.05, 0) is 6.07 Å². The van der Waals surface area contributed by atoms with Crippen molar-refractivity contribution < 1.29 is 23.4 Å². The predicted molar refractivity (Wildman–Crippen MR) is 41.4 cm³/mol. The molecule has 0 aliphatic carbocycles. The van der Waals surface area contributed by atoms with Crippen LogP contribution in [0, 0.1) is 0 Å². The molecule has 0 aromatic carbocycles. The molecule has 1 aromatic heterocycles. The Bertz CT molecular complexity index is 340. The lowest BCUT2D eigenvalue weighted by Crippen LogP contribution is -2.42. The van der Waals surface area contributed by atoms with Crippen molar-refractivity contribution in [3.8, 4) is 0 Å². The number of hydrogen-bond donors (Lipinski definition) is 2. The van der Waals surface area contributed by atoms with Crippen molar-refractivity contribution in [2.75, 3.05) is 0 Å². The Morgan fingerprint density at radius 1 is 1.21 bits per heavy atom. The van der Waals surface area contributed by atoms with Gasteiger partial charge in [-0.3, -0.25) is 4.98 Å². The molecule has 0 atom stereocenters. The molecule has 0 amide bonds. The molecule has 0 saturated heterocycles. The highest BCUT2D eigenvalue weighted by Gasteiger charge is 2.54. The molecule has 1 rings (SSSR count). The van der Waals surface area contributed by atoms with Crippen LogP contribution >= 0.6 is 11.6 Å². The molecular formula is C7H5ClF3NO2. The van der Waals surface area contributed by atoms with Gasteiger partial charge in [0, 0.05) is 18.0 Å². The van der Waals surface area contributed by atoms with Gasteiger partial charge in [0.05, 0.1) is 5.02 Å². The fourth-order valence-corrected chi connectivity index (χ4v) is 0.940. The van der Waals surface area contributed by atoms with Crippen molar-refractivity contribution in [2.45, 2.75) is 12.0 Å². The van der Waals surface area contributed by atoms with Gasteiger partial charge in [-0.1, -0.05) is 11.6 Å². The number of halogens is 4. The molecule has 0 aliphatic heterocycles. The molecule has 1 aromatic rings. The lowest BCUT2D eigenvalue weighted by atomic mass is 10.1. The van der Waals surface area contributed by atoms with Crippen LogP contribution in [0.4, 0.5) is 13.2 Å². The van der Waals surface area contributed by atoms with Gasteiger partial charge in [0.15, 0.2) is 0 Å². The maximum Gasteiger partial charge on any atom is 0.447 e. The van der Waals surface area contributed by atoms with Gasteiger partial charge >= 0.3 is 6.18 Å². The van der Waals surface area contributed by atoms with Gasteiger partial charge in [0.2, 0.25) is 0 Å². The summed E-state index contributed by atoms with van der Waals surface area (Å²) in [6.07, 6.45) is -3.43. The standard InChI is InChI=1S/C7H5ClF3NO2/c8-5-1-4(2-12-3-5)6(13,14)7(9,10)11/h1-3,13-14H. The summed E-state index contributed by atoms with van der Waals surface area (Å²) in [7, 11) is 0. The largest absolute Gasteiger partial charge is 0.447 e. The second kappa shape index (κ2) is 3.38. The van der Waals surface area contributed by atoms with Crippen molar-refractivity contribution in [1.29, 1.82) is 0 Å². The summed E-state index contributed by atoms with van der Waals surface area (Å²) >= 11 is 5.35. The van der Waals surface area contributed by atoms with Crippen molar-refractivity contribution in [3.05, 3.63) is 29.0 Å². The lowest BCUT2D eigenvalue weighted by molar-refractivity contribution is -0.358. The van der Waals surface area contributed by atoms with Crippen molar-refractivity contribution in [1.82, 2.24) is 4.98 Å². The van der Waals surface area contributed by atoms with Crippen LogP contribution in [0.15, 0.2) is 18.5 Å². The van der Waals surface area contributed by atoms with Crippen LogP contribution in [0.3, 0.4) is 0 Å². The molecule has 14 heavy (non-hydrogen) atoms. The highest BCUT2D eigenvalue weighted by Crippen LogP contribution is 2.36. The fraction of sp³-hybridized carbons (Fsp3) is 0.286. The monoisotopic (exact) mass is 227 g/mol. The summed E-state index contributed by atoms with van der Waals surface area (Å²) in [5, 5.41) is 17.4. The number of alkyl halides is 3. The third-order valence-electron chi connectivity index (χ3n) is 1.50. The van der Waals surface area contributed by atoms with E-state index in [0.717, 1.165) is 12.3 Å². The van der Waals surface area contributed by atoms with E-state index >= 15 is 0 Å². The smallest absolute Gasteiger partial charge is 0.355 e. The maximum atomic E-state index is 12.1. The number of nitrogens with zero attached hydrogens (tertiary/aromatic N) is 1. The average molecular weight is 228 g/mol. The van der Waals surface area contributed by atoms with Gasteiger partial charge in [0.25, 0.3) is 5.79 Å². The molecule has 0 aliphatic rings. The molecule has 0 unspecified atom stereocenters. The summed E-state index contributed by atoms with van der Waals surface area (Å²) in [6.45, 7) is 0. The second-order valence-electron chi connectivity index (χ2n) is 2.56. The minimum Gasteiger partial charge on any atom is -0.355 e. The Hall–Kier alpha value is -0.850. The molecule has 0 bridgehead atoms. The van der Waals surface area contributed by atoms with E-state index in [2.05, 4.69) is 4.98 Å². The van der Waals surface area contributed by atoms with E-state index in [1.807, 2.05) is 0 Å². The Labute approximate surface area is 81.8 Å². The van der Waals surface area contributed by atoms with E-state index in [4.69, 9.17) is 21.8 Å². The molecule has 1 heterocycles. The third-order valence-corrected chi connectivity index (χ3v) is 1.71. The normalized spacial score (nSPS) is 13.0. The number of hydrogen-bond acceptors (Lipinski definition) is 3. The SMILES string of the molecule is OC(O)(c1cncc(Cl)c1)C(F)(F)F. The first kappa shape index (κ1) is 11.2. The van der Waals surface area contributed by atoms with Gasteiger partial charge in [-0.15, -0.1) is 0 Å². The van der Waals surface area contributed by atoms with Crippen LogP contribution in [0.1, 0.15) is 5.56 Å². The Balaban J connectivity index is 3.16. The van der Waals surface area contributed by atoms with Crippen LogP contribution in [0.2, 0.25) is 5.02 Å². The topological polar surface area (TPSA) is 53.4 Å². The van der Waals surface area contributed by atoms with Crippen molar-refractivity contribution in [2.24, 2.45) is 0 Å². The van der Waals surface area contributed by atoms with E-state index in [0.29, 0.717) is 6.20 Å². The van der Waals surface area contributed by atoms with Gasteiger partial charge in [0.1, 0.15) is 0 Å². The summed E-state index contributed by atoms with van der Waals surface area (Å²) in [5.74, 6) is -3.93. The molecule has 3 nitrogen and oxygen atoms in total. The van der Waals surface area contributed by atoms with E-state index in [1.165, 1.54) is 0 Å². The zero-order valence-electron chi connectivity index (χ0n) is 6.59. The van der Waals surface area contributed by atoms with Crippen LogP contribution < -0.4 is 0 Å². The lowest BCUT2D eigenvalue weighted by Gasteiger charge is -2.24. The molecule has 0 spiro atoms. The first-order valence-corrected chi connectivity index (χ1v) is 3.75.